The number of fused-ring (bicyclic) bond motifs is 1. The van der Waals surface area contributed by atoms with Crippen LogP contribution in [0.2, 0.25) is 0 Å². The van der Waals surface area contributed by atoms with Crippen molar-refractivity contribution in [3.8, 4) is 5.69 Å². The Hall–Kier alpha value is -2.66. The third-order valence-corrected chi connectivity index (χ3v) is 5.59. The van der Waals surface area contributed by atoms with E-state index in [-0.39, 0.29) is 6.61 Å². The number of likely N-dealkylation sites (N-methyl/N-ethyl adjacent to an activating group) is 1. The zero-order valence-electron chi connectivity index (χ0n) is 18.7. The quantitative estimate of drug-likeness (QED) is 0.621. The van der Waals surface area contributed by atoms with Gasteiger partial charge in [-0.05, 0) is 65.2 Å². The maximum absolute atomic E-state index is 9.09. The highest BCUT2D eigenvalue weighted by atomic mass is 16.2. The lowest BCUT2D eigenvalue weighted by atomic mass is 10.0. The fourth-order valence-electron chi connectivity index (χ4n) is 4.22. The minimum absolute atomic E-state index is 0.0518. The molecule has 3 rings (SSSR count). The Morgan fingerprint density at radius 2 is 1.66 bits per heavy atom. The van der Waals surface area contributed by atoms with Crippen molar-refractivity contribution in [1.29, 1.82) is 0 Å². The minimum Gasteiger partial charge on any atom is -0.392 e. The van der Waals surface area contributed by atoms with Gasteiger partial charge in [0, 0.05) is 18.8 Å². The summed E-state index contributed by atoms with van der Waals surface area (Å²) in [4.78, 5) is 11.9. The molecular weight excluding hydrogens is 360 g/mol. The lowest BCUT2D eigenvalue weighted by Crippen LogP contribution is -2.24. The Morgan fingerprint density at radius 1 is 1.00 bits per heavy atom. The number of aliphatic hydroxyl groups is 1. The van der Waals surface area contributed by atoms with E-state index in [1.54, 1.807) is 6.08 Å². The van der Waals surface area contributed by atoms with E-state index in [1.807, 2.05) is 13.0 Å². The SMILES string of the molecule is CCN(C/C=C\CO)c1nc(C)nc2c1c(C)c(C)n2-c1c(C)cc(C)cc1C. The van der Waals surface area contributed by atoms with Crippen LogP contribution in [0.25, 0.3) is 16.7 Å². The molecule has 0 saturated carbocycles. The Balaban J connectivity index is 2.33. The summed E-state index contributed by atoms with van der Waals surface area (Å²) in [6.45, 7) is 16.5. The molecule has 0 atom stereocenters. The van der Waals surface area contributed by atoms with Gasteiger partial charge >= 0.3 is 0 Å². The van der Waals surface area contributed by atoms with E-state index in [4.69, 9.17) is 15.1 Å². The van der Waals surface area contributed by atoms with Crippen molar-refractivity contribution < 1.29 is 5.11 Å². The normalized spacial score (nSPS) is 11.7. The molecule has 154 valence electrons. The predicted octanol–water partition coefficient (Wildman–Crippen LogP) is 4.65. The Kier molecular flexibility index (Phi) is 6.08. The molecule has 0 amide bonds. The molecule has 0 saturated heterocycles. The molecule has 0 bridgehead atoms. The first-order chi connectivity index (χ1) is 13.8. The van der Waals surface area contributed by atoms with E-state index in [0.29, 0.717) is 6.54 Å². The van der Waals surface area contributed by atoms with Gasteiger partial charge in [-0.2, -0.15) is 0 Å². The van der Waals surface area contributed by atoms with E-state index in [2.05, 4.69) is 63.1 Å². The van der Waals surface area contributed by atoms with Crippen molar-refractivity contribution in [2.75, 3.05) is 24.6 Å². The molecule has 0 radical (unpaired) electrons. The molecule has 2 aromatic heterocycles. The van der Waals surface area contributed by atoms with Crippen molar-refractivity contribution in [2.45, 2.75) is 48.5 Å². The van der Waals surface area contributed by atoms with Crippen LogP contribution in [0.4, 0.5) is 5.82 Å². The molecule has 5 nitrogen and oxygen atoms in total. The fraction of sp³-hybridized carbons (Fsp3) is 0.417. The van der Waals surface area contributed by atoms with Crippen LogP contribution in [0.5, 0.6) is 0 Å². The Bertz CT molecular complexity index is 1060. The molecule has 0 aliphatic rings. The number of aryl methyl sites for hydroxylation is 5. The van der Waals surface area contributed by atoms with Gasteiger partial charge in [0.2, 0.25) is 0 Å². The third kappa shape index (κ3) is 3.79. The molecule has 1 N–H and O–H groups in total. The summed E-state index contributed by atoms with van der Waals surface area (Å²) in [5.41, 5.74) is 8.34. The maximum atomic E-state index is 9.09. The van der Waals surface area contributed by atoms with Crippen LogP contribution in [-0.2, 0) is 0 Å². The van der Waals surface area contributed by atoms with Crippen LogP contribution in [0.1, 0.15) is 40.7 Å². The Labute approximate surface area is 173 Å². The van der Waals surface area contributed by atoms with Crippen LogP contribution in [0.3, 0.4) is 0 Å². The summed E-state index contributed by atoms with van der Waals surface area (Å²) in [6.07, 6.45) is 3.76. The van der Waals surface area contributed by atoms with E-state index in [0.717, 1.165) is 29.2 Å². The van der Waals surface area contributed by atoms with Gasteiger partial charge in [0.1, 0.15) is 11.6 Å². The number of anilines is 1. The summed E-state index contributed by atoms with van der Waals surface area (Å²) >= 11 is 0. The van der Waals surface area contributed by atoms with Crippen molar-refractivity contribution in [3.63, 3.8) is 0 Å². The average molecular weight is 393 g/mol. The van der Waals surface area contributed by atoms with Gasteiger partial charge in [-0.3, -0.25) is 4.57 Å². The highest BCUT2D eigenvalue weighted by Gasteiger charge is 2.22. The number of hydrogen-bond donors (Lipinski definition) is 1. The van der Waals surface area contributed by atoms with Gasteiger partial charge in [0.15, 0.2) is 5.65 Å². The molecule has 2 heterocycles. The van der Waals surface area contributed by atoms with E-state index in [9.17, 15) is 0 Å². The second-order valence-corrected chi connectivity index (χ2v) is 7.78. The lowest BCUT2D eigenvalue weighted by Gasteiger charge is -2.22. The standard InChI is InChI=1S/C24H32N4O/c1-8-27(11-9-10-12-29)23-21-18(5)19(6)28(24(21)26-20(7)25-23)22-16(3)13-15(2)14-17(22)4/h9-10,13-14,29H,8,11-12H2,1-7H3/b10-9-. The van der Waals surface area contributed by atoms with Gasteiger partial charge in [0.25, 0.3) is 0 Å². The third-order valence-electron chi connectivity index (χ3n) is 5.59. The van der Waals surface area contributed by atoms with Gasteiger partial charge < -0.3 is 10.0 Å². The van der Waals surface area contributed by atoms with Crippen LogP contribution in [0, 0.1) is 41.5 Å². The van der Waals surface area contributed by atoms with Gasteiger partial charge in [0.05, 0.1) is 17.7 Å². The lowest BCUT2D eigenvalue weighted by molar-refractivity contribution is 0.342. The molecule has 5 heteroatoms. The van der Waals surface area contributed by atoms with Gasteiger partial charge in [-0.1, -0.05) is 29.8 Å². The minimum atomic E-state index is 0.0518. The second kappa shape index (κ2) is 8.37. The second-order valence-electron chi connectivity index (χ2n) is 7.78. The number of aliphatic hydroxyl groups excluding tert-OH is 1. The zero-order chi connectivity index (χ0) is 21.3. The molecule has 0 fully saturated rings. The molecule has 0 spiro atoms. The number of aromatic nitrogens is 3. The molecule has 0 aliphatic carbocycles. The first-order valence-corrected chi connectivity index (χ1v) is 10.2. The number of nitrogens with zero attached hydrogens (tertiary/aromatic N) is 4. The van der Waals surface area contributed by atoms with Crippen molar-refractivity contribution in [2.24, 2.45) is 0 Å². The summed E-state index contributed by atoms with van der Waals surface area (Å²) in [6, 6.07) is 4.46. The van der Waals surface area contributed by atoms with Crippen molar-refractivity contribution >= 4 is 16.9 Å². The largest absolute Gasteiger partial charge is 0.392 e. The van der Waals surface area contributed by atoms with Gasteiger partial charge in [-0.25, -0.2) is 9.97 Å². The fourth-order valence-corrected chi connectivity index (χ4v) is 4.22. The average Bonchev–Trinajstić information content (AvgIpc) is 2.89. The van der Waals surface area contributed by atoms with Crippen molar-refractivity contribution in [3.05, 3.63) is 58.1 Å². The maximum Gasteiger partial charge on any atom is 0.150 e. The summed E-state index contributed by atoms with van der Waals surface area (Å²) in [5, 5.41) is 10.2. The van der Waals surface area contributed by atoms with E-state index >= 15 is 0 Å². The number of hydrogen-bond acceptors (Lipinski definition) is 4. The molecule has 3 aromatic rings. The van der Waals surface area contributed by atoms with Crippen molar-refractivity contribution in [1.82, 2.24) is 14.5 Å². The van der Waals surface area contributed by atoms with Crippen LogP contribution in [-0.4, -0.2) is 39.3 Å². The van der Waals surface area contributed by atoms with Gasteiger partial charge in [-0.15, -0.1) is 0 Å². The molecule has 1 aromatic carbocycles. The first-order valence-electron chi connectivity index (χ1n) is 10.2. The smallest absolute Gasteiger partial charge is 0.150 e. The number of benzene rings is 1. The molecule has 0 unspecified atom stereocenters. The van der Waals surface area contributed by atoms with Crippen LogP contribution in [0.15, 0.2) is 24.3 Å². The topological polar surface area (TPSA) is 54.2 Å². The monoisotopic (exact) mass is 392 g/mol. The van der Waals surface area contributed by atoms with Crippen LogP contribution < -0.4 is 4.90 Å². The molecule has 0 aliphatic heterocycles. The summed E-state index contributed by atoms with van der Waals surface area (Å²) in [5.74, 6) is 1.72. The highest BCUT2D eigenvalue weighted by Crippen LogP contribution is 2.35. The summed E-state index contributed by atoms with van der Waals surface area (Å²) in [7, 11) is 0. The zero-order valence-corrected chi connectivity index (χ0v) is 18.7. The van der Waals surface area contributed by atoms with Crippen LogP contribution >= 0.6 is 0 Å². The highest BCUT2D eigenvalue weighted by molar-refractivity contribution is 5.94. The Morgan fingerprint density at radius 3 is 2.24 bits per heavy atom. The summed E-state index contributed by atoms with van der Waals surface area (Å²) < 4.78 is 2.30. The van der Waals surface area contributed by atoms with E-state index in [1.165, 1.54) is 33.6 Å². The number of rotatable bonds is 6. The molecule has 29 heavy (non-hydrogen) atoms. The predicted molar refractivity (Wildman–Crippen MR) is 121 cm³/mol. The van der Waals surface area contributed by atoms with E-state index < -0.39 is 0 Å². The molecular formula is C24H32N4O. The first kappa shape index (κ1) is 21.1.